The summed E-state index contributed by atoms with van der Waals surface area (Å²) in [6.45, 7) is 12.7. The van der Waals surface area contributed by atoms with Crippen molar-refractivity contribution >= 4 is 37.9 Å². The van der Waals surface area contributed by atoms with Gasteiger partial charge in [0.05, 0.1) is 10.2 Å². The van der Waals surface area contributed by atoms with Crippen molar-refractivity contribution in [2.75, 3.05) is 11.9 Å². The largest absolute Gasteiger partial charge is 0.373 e. The molecule has 0 amide bonds. The highest BCUT2D eigenvalue weighted by molar-refractivity contribution is 7.22. The molecule has 3 heterocycles. The predicted octanol–water partition coefficient (Wildman–Crippen LogP) is 5.57. The Labute approximate surface area is 175 Å². The maximum absolute atomic E-state index is 10.7. The van der Waals surface area contributed by atoms with E-state index in [1.54, 1.807) is 22.7 Å². The van der Waals surface area contributed by atoms with Crippen LogP contribution >= 0.6 is 22.7 Å². The highest BCUT2D eigenvalue weighted by atomic mass is 32.1. The molecular formula is C22H29N3OS2. The Balaban J connectivity index is 1.80. The number of hydrogen-bond acceptors (Lipinski definition) is 6. The number of thiazole rings is 1. The number of aliphatic hydroxyl groups excluding tert-OH is 1. The standard InChI is InChI=1S/C22H29N3OS2/c1-13(2)25-11-10-14-17(12-25)28-20(24-21(26)22(3,4)5)18(14)19-23-15-8-6-7-9-16(15)27-19/h6-9,13,21,24,26H,10-12H2,1-5H3. The summed E-state index contributed by atoms with van der Waals surface area (Å²) in [5.41, 5.74) is 3.42. The van der Waals surface area contributed by atoms with Gasteiger partial charge in [0.2, 0.25) is 0 Å². The van der Waals surface area contributed by atoms with Crippen LogP contribution in [0.25, 0.3) is 20.8 Å². The SMILES string of the molecule is CC(C)N1CCc2c(sc(NC(O)C(C)(C)C)c2-c2nc3ccccc3s2)C1. The lowest BCUT2D eigenvalue weighted by molar-refractivity contribution is 0.0884. The van der Waals surface area contributed by atoms with E-state index in [1.807, 2.05) is 6.07 Å². The zero-order chi connectivity index (χ0) is 20.1. The van der Waals surface area contributed by atoms with Gasteiger partial charge in [0.25, 0.3) is 0 Å². The maximum atomic E-state index is 10.7. The lowest BCUT2D eigenvalue weighted by atomic mass is 9.94. The highest BCUT2D eigenvalue weighted by Crippen LogP contribution is 2.46. The molecule has 2 aromatic heterocycles. The number of para-hydroxylation sites is 1. The van der Waals surface area contributed by atoms with Crippen molar-refractivity contribution in [3.8, 4) is 10.6 Å². The molecule has 0 aliphatic carbocycles. The molecule has 4 rings (SSSR count). The summed E-state index contributed by atoms with van der Waals surface area (Å²) in [6.07, 6.45) is 0.421. The second-order valence-corrected chi connectivity index (χ2v) is 11.1. The van der Waals surface area contributed by atoms with Gasteiger partial charge in [0.1, 0.15) is 16.2 Å². The number of anilines is 1. The molecule has 28 heavy (non-hydrogen) atoms. The number of rotatable bonds is 4. The minimum atomic E-state index is -0.609. The normalized spacial score (nSPS) is 16.5. The topological polar surface area (TPSA) is 48.4 Å². The summed E-state index contributed by atoms with van der Waals surface area (Å²) < 4.78 is 1.21. The third-order valence-electron chi connectivity index (χ3n) is 5.41. The van der Waals surface area contributed by atoms with Gasteiger partial charge >= 0.3 is 0 Å². The molecule has 1 unspecified atom stereocenters. The Morgan fingerprint density at radius 1 is 1.18 bits per heavy atom. The Bertz CT molecular complexity index is 950. The summed E-state index contributed by atoms with van der Waals surface area (Å²) in [6, 6.07) is 8.85. The fraction of sp³-hybridized carbons (Fsp3) is 0.500. The molecule has 0 bridgehead atoms. The molecule has 150 valence electrons. The smallest absolute Gasteiger partial charge is 0.129 e. The fourth-order valence-corrected chi connectivity index (χ4v) is 5.92. The van der Waals surface area contributed by atoms with E-state index in [0.717, 1.165) is 35.0 Å². The molecule has 1 aliphatic rings. The molecule has 0 radical (unpaired) electrons. The average Bonchev–Trinajstić information content (AvgIpc) is 3.20. The monoisotopic (exact) mass is 415 g/mol. The first-order chi connectivity index (χ1) is 13.2. The first-order valence-electron chi connectivity index (χ1n) is 9.93. The van der Waals surface area contributed by atoms with Gasteiger partial charge in [0.15, 0.2) is 0 Å². The van der Waals surface area contributed by atoms with Gasteiger partial charge in [-0.05, 0) is 38.0 Å². The van der Waals surface area contributed by atoms with E-state index in [0.29, 0.717) is 6.04 Å². The van der Waals surface area contributed by atoms with Gasteiger partial charge in [-0.2, -0.15) is 0 Å². The van der Waals surface area contributed by atoms with E-state index in [9.17, 15) is 5.11 Å². The van der Waals surface area contributed by atoms with Crippen molar-refractivity contribution in [3.05, 3.63) is 34.7 Å². The molecular weight excluding hydrogens is 386 g/mol. The van der Waals surface area contributed by atoms with Crippen molar-refractivity contribution in [1.29, 1.82) is 0 Å². The number of nitrogens with one attached hydrogen (secondary N) is 1. The van der Waals surface area contributed by atoms with E-state index >= 15 is 0 Å². The maximum Gasteiger partial charge on any atom is 0.129 e. The molecule has 1 aromatic carbocycles. The molecule has 1 atom stereocenters. The number of aromatic nitrogens is 1. The van der Waals surface area contributed by atoms with Crippen LogP contribution in [-0.4, -0.2) is 33.8 Å². The van der Waals surface area contributed by atoms with Crippen molar-refractivity contribution in [1.82, 2.24) is 9.88 Å². The van der Waals surface area contributed by atoms with Crippen molar-refractivity contribution in [2.24, 2.45) is 5.41 Å². The van der Waals surface area contributed by atoms with Gasteiger partial charge in [-0.15, -0.1) is 22.7 Å². The van der Waals surface area contributed by atoms with Crippen LogP contribution in [0.5, 0.6) is 0 Å². The number of fused-ring (bicyclic) bond motifs is 2. The van der Waals surface area contributed by atoms with Crippen molar-refractivity contribution in [3.63, 3.8) is 0 Å². The third kappa shape index (κ3) is 3.71. The predicted molar refractivity (Wildman–Crippen MR) is 121 cm³/mol. The summed E-state index contributed by atoms with van der Waals surface area (Å²) in [5, 5.41) is 16.2. The van der Waals surface area contributed by atoms with Gasteiger partial charge in [-0.1, -0.05) is 32.9 Å². The minimum Gasteiger partial charge on any atom is -0.373 e. The van der Waals surface area contributed by atoms with Gasteiger partial charge in [-0.25, -0.2) is 4.98 Å². The first kappa shape index (κ1) is 19.8. The summed E-state index contributed by atoms with van der Waals surface area (Å²) in [7, 11) is 0. The average molecular weight is 416 g/mol. The van der Waals surface area contributed by atoms with Gasteiger partial charge in [0, 0.05) is 35.0 Å². The number of nitrogens with zero attached hydrogens (tertiary/aromatic N) is 2. The summed E-state index contributed by atoms with van der Waals surface area (Å²) in [5.74, 6) is 0. The first-order valence-corrected chi connectivity index (χ1v) is 11.6. The molecule has 1 aliphatic heterocycles. The molecule has 3 aromatic rings. The van der Waals surface area contributed by atoms with E-state index in [4.69, 9.17) is 4.98 Å². The van der Waals surface area contributed by atoms with E-state index in [2.05, 4.69) is 63.0 Å². The van der Waals surface area contributed by atoms with E-state index in [1.165, 1.54) is 20.7 Å². The Morgan fingerprint density at radius 2 is 1.93 bits per heavy atom. The third-order valence-corrected chi connectivity index (χ3v) is 7.61. The van der Waals surface area contributed by atoms with E-state index < -0.39 is 6.23 Å². The molecule has 0 fully saturated rings. The summed E-state index contributed by atoms with van der Waals surface area (Å²) >= 11 is 3.53. The number of aliphatic hydroxyl groups is 1. The minimum absolute atomic E-state index is 0.237. The van der Waals surface area contributed by atoms with Gasteiger partial charge < -0.3 is 10.4 Å². The van der Waals surface area contributed by atoms with Crippen LogP contribution in [0.1, 0.15) is 45.1 Å². The Kier molecular flexibility index (Phi) is 5.25. The Hall–Kier alpha value is -1.47. The lowest BCUT2D eigenvalue weighted by Gasteiger charge is -2.30. The fourth-order valence-electron chi connectivity index (χ4n) is 3.51. The number of hydrogen-bond donors (Lipinski definition) is 2. The number of thiophene rings is 1. The van der Waals surface area contributed by atoms with Crippen molar-refractivity contribution < 1.29 is 5.11 Å². The molecule has 4 nitrogen and oxygen atoms in total. The van der Waals surface area contributed by atoms with E-state index in [-0.39, 0.29) is 5.41 Å². The zero-order valence-corrected chi connectivity index (χ0v) is 18.9. The molecule has 6 heteroatoms. The van der Waals surface area contributed by atoms with Crippen LogP contribution in [0.3, 0.4) is 0 Å². The molecule has 0 saturated heterocycles. The van der Waals surface area contributed by atoms with Crippen molar-refractivity contribution in [2.45, 2.75) is 59.9 Å². The second-order valence-electron chi connectivity index (χ2n) is 8.92. The molecule has 0 spiro atoms. The lowest BCUT2D eigenvalue weighted by Crippen LogP contribution is -2.35. The Morgan fingerprint density at radius 3 is 2.61 bits per heavy atom. The quantitative estimate of drug-likeness (QED) is 0.547. The van der Waals surface area contributed by atoms with Crippen LogP contribution < -0.4 is 5.32 Å². The van der Waals surface area contributed by atoms with Crippen LogP contribution in [0.2, 0.25) is 0 Å². The van der Waals surface area contributed by atoms with Crippen LogP contribution in [0.4, 0.5) is 5.00 Å². The zero-order valence-electron chi connectivity index (χ0n) is 17.2. The molecule has 0 saturated carbocycles. The van der Waals surface area contributed by atoms with Crippen LogP contribution in [-0.2, 0) is 13.0 Å². The highest BCUT2D eigenvalue weighted by Gasteiger charge is 2.30. The van der Waals surface area contributed by atoms with Crippen LogP contribution in [0.15, 0.2) is 24.3 Å². The number of benzene rings is 1. The molecule has 2 N–H and O–H groups in total. The summed E-state index contributed by atoms with van der Waals surface area (Å²) in [4.78, 5) is 8.86. The van der Waals surface area contributed by atoms with Crippen LogP contribution in [0, 0.1) is 5.41 Å². The van der Waals surface area contributed by atoms with Gasteiger partial charge in [-0.3, -0.25) is 4.90 Å². The second kappa shape index (κ2) is 7.41.